The summed E-state index contributed by atoms with van der Waals surface area (Å²) in [4.78, 5) is 34.0. The average molecular weight is 283 g/mol. The number of carbonyl (C=O) groups excluding carboxylic acids is 3. The van der Waals surface area contributed by atoms with Crippen molar-refractivity contribution in [2.24, 2.45) is 0 Å². The number of rotatable bonds is 3. The Labute approximate surface area is 108 Å². The number of nitrogens with zero attached hydrogens (tertiary/aromatic N) is 1. The highest BCUT2D eigenvalue weighted by Crippen LogP contribution is 2.31. The minimum Gasteiger partial charge on any atom is -0.298 e. The Balaban J connectivity index is 2.74. The number of amides is 2. The summed E-state index contributed by atoms with van der Waals surface area (Å²) in [5, 5.41) is 0. The van der Waals surface area contributed by atoms with Crippen molar-refractivity contribution in [3.05, 3.63) is 23.8 Å². The third kappa shape index (κ3) is 2.27. The molecule has 0 unspecified atom stereocenters. The molecule has 1 saturated heterocycles. The molecular formula is C11H9NO6S. The smallest absolute Gasteiger partial charge is 0.297 e. The van der Waals surface area contributed by atoms with Crippen LogP contribution in [0.5, 0.6) is 0 Å². The first-order valence-corrected chi connectivity index (χ1v) is 6.71. The molecule has 19 heavy (non-hydrogen) atoms. The Morgan fingerprint density at radius 2 is 1.74 bits per heavy atom. The van der Waals surface area contributed by atoms with Crippen LogP contribution in [-0.4, -0.2) is 31.1 Å². The molecule has 0 atom stereocenters. The number of carbonyl (C=O) groups is 3. The second-order valence-corrected chi connectivity index (χ2v) is 5.27. The lowest BCUT2D eigenvalue weighted by atomic mass is 10.2. The Hall–Kier alpha value is -2.06. The molecule has 1 aromatic rings. The molecule has 1 aromatic carbocycles. The number of aldehydes is 1. The summed E-state index contributed by atoms with van der Waals surface area (Å²) in [6, 6.07) is 3.69. The maximum atomic E-state index is 11.6. The quantitative estimate of drug-likeness (QED) is 0.488. The third-order valence-electron chi connectivity index (χ3n) is 2.70. The molecule has 8 heteroatoms. The molecule has 1 aliphatic heterocycles. The molecule has 2 rings (SSSR count). The van der Waals surface area contributed by atoms with Crippen LogP contribution >= 0.6 is 0 Å². The van der Waals surface area contributed by atoms with Gasteiger partial charge < -0.3 is 0 Å². The molecule has 1 heterocycles. The monoisotopic (exact) mass is 283 g/mol. The van der Waals surface area contributed by atoms with E-state index in [4.69, 9.17) is 0 Å². The van der Waals surface area contributed by atoms with E-state index in [2.05, 4.69) is 0 Å². The fourth-order valence-corrected chi connectivity index (χ4v) is 2.78. The van der Waals surface area contributed by atoms with Crippen molar-refractivity contribution in [2.45, 2.75) is 17.7 Å². The average Bonchev–Trinajstić information content (AvgIpc) is 2.67. The number of hydrogen-bond donors (Lipinski definition) is 1. The Morgan fingerprint density at radius 1 is 1.16 bits per heavy atom. The van der Waals surface area contributed by atoms with Crippen molar-refractivity contribution in [3.63, 3.8) is 0 Å². The van der Waals surface area contributed by atoms with Gasteiger partial charge in [-0.15, -0.1) is 0 Å². The van der Waals surface area contributed by atoms with Crippen molar-refractivity contribution in [2.75, 3.05) is 4.90 Å². The van der Waals surface area contributed by atoms with Gasteiger partial charge in [0.05, 0.1) is 5.69 Å². The number of imide groups is 1. The minimum atomic E-state index is -4.74. The second-order valence-electron chi connectivity index (χ2n) is 3.91. The lowest BCUT2D eigenvalue weighted by Crippen LogP contribution is -2.30. The maximum absolute atomic E-state index is 11.6. The molecule has 2 amide bonds. The predicted octanol–water partition coefficient (Wildman–Crippen LogP) is 0.399. The van der Waals surface area contributed by atoms with Crippen molar-refractivity contribution >= 4 is 33.9 Å². The molecule has 100 valence electrons. The van der Waals surface area contributed by atoms with Crippen molar-refractivity contribution in [3.8, 4) is 0 Å². The van der Waals surface area contributed by atoms with Gasteiger partial charge in [-0.3, -0.25) is 18.9 Å². The van der Waals surface area contributed by atoms with Crippen LogP contribution in [0.2, 0.25) is 0 Å². The Kier molecular flexibility index (Phi) is 3.21. The Morgan fingerprint density at radius 3 is 2.21 bits per heavy atom. The zero-order chi connectivity index (χ0) is 14.2. The van der Waals surface area contributed by atoms with E-state index in [0.717, 1.165) is 0 Å². The SMILES string of the molecule is O=Cc1cccc(N2C(=O)CCC2=O)c1S(=O)(=O)O. The topological polar surface area (TPSA) is 109 Å². The first-order chi connectivity index (χ1) is 8.86. The highest BCUT2D eigenvalue weighted by Gasteiger charge is 2.35. The second kappa shape index (κ2) is 4.56. The van der Waals surface area contributed by atoms with Gasteiger partial charge >= 0.3 is 0 Å². The number of hydrogen-bond acceptors (Lipinski definition) is 5. The van der Waals surface area contributed by atoms with Gasteiger partial charge in [-0.25, -0.2) is 4.90 Å². The molecular weight excluding hydrogens is 274 g/mol. The van der Waals surface area contributed by atoms with Gasteiger partial charge in [-0.1, -0.05) is 12.1 Å². The molecule has 0 saturated carbocycles. The van der Waals surface area contributed by atoms with Gasteiger partial charge in [-0.05, 0) is 6.07 Å². The Bertz CT molecular complexity index is 662. The van der Waals surface area contributed by atoms with Crippen molar-refractivity contribution in [1.82, 2.24) is 0 Å². The van der Waals surface area contributed by atoms with Crippen LogP contribution in [0.15, 0.2) is 23.1 Å². The van der Waals surface area contributed by atoms with E-state index in [9.17, 15) is 27.4 Å². The summed E-state index contributed by atoms with van der Waals surface area (Å²) in [5.74, 6) is -1.14. The fourth-order valence-electron chi connectivity index (χ4n) is 1.94. The molecule has 0 spiro atoms. The van der Waals surface area contributed by atoms with E-state index in [1.165, 1.54) is 18.2 Å². The number of anilines is 1. The van der Waals surface area contributed by atoms with Crippen LogP contribution < -0.4 is 4.90 Å². The molecule has 0 radical (unpaired) electrons. The normalized spacial score (nSPS) is 15.9. The zero-order valence-electron chi connectivity index (χ0n) is 9.57. The maximum Gasteiger partial charge on any atom is 0.297 e. The molecule has 1 aliphatic rings. The van der Waals surface area contributed by atoms with Gasteiger partial charge in [0.2, 0.25) is 11.8 Å². The first kappa shape index (κ1) is 13.4. The summed E-state index contributed by atoms with van der Waals surface area (Å²) in [5.41, 5.74) is -0.605. The summed E-state index contributed by atoms with van der Waals surface area (Å²) < 4.78 is 31.9. The van der Waals surface area contributed by atoms with Gasteiger partial charge in [0.15, 0.2) is 6.29 Å². The van der Waals surface area contributed by atoms with Gasteiger partial charge in [0, 0.05) is 18.4 Å². The van der Waals surface area contributed by atoms with E-state index in [0.29, 0.717) is 4.90 Å². The van der Waals surface area contributed by atoms with Gasteiger partial charge in [0.25, 0.3) is 10.1 Å². The van der Waals surface area contributed by atoms with Crippen molar-refractivity contribution < 1.29 is 27.4 Å². The van der Waals surface area contributed by atoms with E-state index in [-0.39, 0.29) is 30.4 Å². The van der Waals surface area contributed by atoms with Gasteiger partial charge in [0.1, 0.15) is 4.90 Å². The highest BCUT2D eigenvalue weighted by molar-refractivity contribution is 7.86. The first-order valence-electron chi connectivity index (χ1n) is 5.27. The third-order valence-corrected chi connectivity index (χ3v) is 3.66. The van der Waals surface area contributed by atoms with E-state index >= 15 is 0 Å². The summed E-state index contributed by atoms with van der Waals surface area (Å²) in [7, 11) is -4.74. The summed E-state index contributed by atoms with van der Waals surface area (Å²) >= 11 is 0. The minimum absolute atomic E-state index is 0.0327. The standard InChI is InChI=1S/C11H9NO6S/c13-6-7-2-1-3-8(11(7)19(16,17)18)12-9(14)4-5-10(12)15/h1-3,6H,4-5H2,(H,16,17,18). The molecule has 0 bridgehead atoms. The number of benzene rings is 1. The summed E-state index contributed by atoms with van der Waals surface area (Å²) in [6.45, 7) is 0. The van der Waals surface area contributed by atoms with E-state index < -0.39 is 26.8 Å². The van der Waals surface area contributed by atoms with Crippen LogP contribution in [-0.2, 0) is 19.7 Å². The van der Waals surface area contributed by atoms with Crippen molar-refractivity contribution in [1.29, 1.82) is 0 Å². The van der Waals surface area contributed by atoms with Crippen LogP contribution in [0.1, 0.15) is 23.2 Å². The molecule has 7 nitrogen and oxygen atoms in total. The molecule has 0 aromatic heterocycles. The predicted molar refractivity (Wildman–Crippen MR) is 63.4 cm³/mol. The van der Waals surface area contributed by atoms with Crippen LogP contribution in [0.3, 0.4) is 0 Å². The molecule has 1 N–H and O–H groups in total. The molecule has 1 fully saturated rings. The van der Waals surface area contributed by atoms with Gasteiger partial charge in [-0.2, -0.15) is 8.42 Å². The fraction of sp³-hybridized carbons (Fsp3) is 0.182. The lowest BCUT2D eigenvalue weighted by molar-refractivity contribution is -0.121. The van der Waals surface area contributed by atoms with Crippen LogP contribution in [0.4, 0.5) is 5.69 Å². The van der Waals surface area contributed by atoms with Crippen LogP contribution in [0.25, 0.3) is 0 Å². The van der Waals surface area contributed by atoms with E-state index in [1.54, 1.807) is 0 Å². The van der Waals surface area contributed by atoms with E-state index in [1.807, 2.05) is 0 Å². The lowest BCUT2D eigenvalue weighted by Gasteiger charge is -2.17. The van der Waals surface area contributed by atoms with Crippen LogP contribution in [0, 0.1) is 0 Å². The molecule has 0 aliphatic carbocycles. The highest BCUT2D eigenvalue weighted by atomic mass is 32.2. The summed E-state index contributed by atoms with van der Waals surface area (Å²) in [6.07, 6.45) is 0.168. The zero-order valence-corrected chi connectivity index (χ0v) is 10.4. The largest absolute Gasteiger partial charge is 0.298 e.